The quantitative estimate of drug-likeness (QED) is 0.687. The van der Waals surface area contributed by atoms with Gasteiger partial charge in [0.25, 0.3) is 0 Å². The van der Waals surface area contributed by atoms with Crippen LogP contribution in [0.1, 0.15) is 11.4 Å². The molecule has 0 aliphatic heterocycles. The molecule has 0 aliphatic rings. The van der Waals surface area contributed by atoms with E-state index in [1.165, 1.54) is 0 Å². The highest BCUT2D eigenvalue weighted by Gasteiger charge is 2.06. The van der Waals surface area contributed by atoms with Gasteiger partial charge in [0.05, 0.1) is 11.7 Å². The Labute approximate surface area is 125 Å². The van der Waals surface area contributed by atoms with Crippen LogP contribution in [0.4, 0.5) is 0 Å². The van der Waals surface area contributed by atoms with Crippen LogP contribution in [0.3, 0.4) is 0 Å². The zero-order valence-electron chi connectivity index (χ0n) is 10.2. The van der Waals surface area contributed by atoms with Crippen LogP contribution in [0.2, 0.25) is 5.02 Å². The van der Waals surface area contributed by atoms with Crippen molar-refractivity contribution >= 4 is 33.0 Å². The summed E-state index contributed by atoms with van der Waals surface area (Å²) in [6, 6.07) is 12.0. The second kappa shape index (κ2) is 5.35. The van der Waals surface area contributed by atoms with Crippen molar-refractivity contribution in [2.75, 3.05) is 0 Å². The fourth-order valence-corrected chi connectivity index (χ4v) is 2.72. The van der Waals surface area contributed by atoms with Crippen LogP contribution in [0.25, 0.3) is 5.52 Å². The molecule has 2 nitrogen and oxygen atoms in total. The molecule has 0 unspecified atom stereocenters. The van der Waals surface area contributed by atoms with E-state index in [1.54, 1.807) is 0 Å². The Kier molecular flexibility index (Phi) is 3.58. The number of rotatable bonds is 3. The predicted octanol–water partition coefficient (Wildman–Crippen LogP) is 4.54. The SMILES string of the molecule is Clc1ccccc1CCc1ncc2ccc(Br)cn12. The third-order valence-corrected chi connectivity index (χ3v) is 3.98. The van der Waals surface area contributed by atoms with Gasteiger partial charge in [0.2, 0.25) is 0 Å². The molecule has 0 saturated heterocycles. The molecule has 2 heterocycles. The fourth-order valence-electron chi connectivity index (χ4n) is 2.15. The summed E-state index contributed by atoms with van der Waals surface area (Å²) in [7, 11) is 0. The number of nitrogens with zero attached hydrogens (tertiary/aromatic N) is 2. The molecule has 96 valence electrons. The van der Waals surface area contributed by atoms with Gasteiger partial charge in [-0.25, -0.2) is 4.98 Å². The summed E-state index contributed by atoms with van der Waals surface area (Å²) >= 11 is 9.66. The molecule has 4 heteroatoms. The van der Waals surface area contributed by atoms with Crippen LogP contribution in [0.5, 0.6) is 0 Å². The van der Waals surface area contributed by atoms with E-state index in [2.05, 4.69) is 37.4 Å². The lowest BCUT2D eigenvalue weighted by Gasteiger charge is -2.04. The van der Waals surface area contributed by atoms with Crippen molar-refractivity contribution in [3.05, 3.63) is 69.7 Å². The molecule has 1 aromatic carbocycles. The molecule has 0 amide bonds. The molecule has 0 saturated carbocycles. The highest BCUT2D eigenvalue weighted by atomic mass is 79.9. The molecular weight excluding hydrogens is 324 g/mol. The average molecular weight is 336 g/mol. The lowest BCUT2D eigenvalue weighted by Crippen LogP contribution is -1.98. The van der Waals surface area contributed by atoms with E-state index in [0.717, 1.165) is 39.2 Å². The van der Waals surface area contributed by atoms with Gasteiger partial charge in [-0.15, -0.1) is 0 Å². The van der Waals surface area contributed by atoms with Crippen LogP contribution >= 0.6 is 27.5 Å². The van der Waals surface area contributed by atoms with Crippen LogP contribution in [0, 0.1) is 0 Å². The van der Waals surface area contributed by atoms with Crippen molar-refractivity contribution in [2.24, 2.45) is 0 Å². The van der Waals surface area contributed by atoms with Crippen LogP contribution in [-0.4, -0.2) is 9.38 Å². The maximum atomic E-state index is 6.17. The van der Waals surface area contributed by atoms with E-state index in [4.69, 9.17) is 11.6 Å². The third-order valence-electron chi connectivity index (χ3n) is 3.14. The molecule has 19 heavy (non-hydrogen) atoms. The molecule has 0 atom stereocenters. The van der Waals surface area contributed by atoms with E-state index >= 15 is 0 Å². The predicted molar refractivity (Wildman–Crippen MR) is 81.8 cm³/mol. The molecular formula is C15H12BrClN2. The van der Waals surface area contributed by atoms with Crippen molar-refractivity contribution in [3.63, 3.8) is 0 Å². The van der Waals surface area contributed by atoms with E-state index < -0.39 is 0 Å². The van der Waals surface area contributed by atoms with Gasteiger partial charge in [-0.2, -0.15) is 0 Å². The molecule has 0 spiro atoms. The second-order valence-corrected chi connectivity index (χ2v) is 5.73. The van der Waals surface area contributed by atoms with Crippen molar-refractivity contribution in [1.29, 1.82) is 0 Å². The third kappa shape index (κ3) is 2.67. The summed E-state index contributed by atoms with van der Waals surface area (Å²) in [5, 5.41) is 0.824. The van der Waals surface area contributed by atoms with Gasteiger partial charge >= 0.3 is 0 Å². The monoisotopic (exact) mass is 334 g/mol. The van der Waals surface area contributed by atoms with Gasteiger partial charge in [-0.1, -0.05) is 29.8 Å². The normalized spacial score (nSPS) is 11.1. The number of aromatic nitrogens is 2. The van der Waals surface area contributed by atoms with Gasteiger partial charge < -0.3 is 4.40 Å². The Hall–Kier alpha value is -1.32. The van der Waals surface area contributed by atoms with Gasteiger partial charge in [0, 0.05) is 22.1 Å². The molecule has 2 aromatic heterocycles. The number of halogens is 2. The zero-order valence-corrected chi connectivity index (χ0v) is 12.5. The van der Waals surface area contributed by atoms with Crippen LogP contribution in [-0.2, 0) is 12.8 Å². The Bertz CT molecular complexity index is 721. The Morgan fingerprint density at radius 2 is 1.95 bits per heavy atom. The van der Waals surface area contributed by atoms with E-state index in [0.29, 0.717) is 0 Å². The minimum absolute atomic E-state index is 0.824. The lowest BCUT2D eigenvalue weighted by molar-refractivity contribution is 0.853. The molecule has 3 aromatic rings. The first-order valence-corrected chi connectivity index (χ1v) is 7.26. The van der Waals surface area contributed by atoms with Crippen molar-refractivity contribution in [2.45, 2.75) is 12.8 Å². The minimum atomic E-state index is 0.824. The van der Waals surface area contributed by atoms with Crippen LogP contribution in [0.15, 0.2) is 53.3 Å². The Morgan fingerprint density at radius 3 is 2.79 bits per heavy atom. The Balaban J connectivity index is 1.86. The summed E-state index contributed by atoms with van der Waals surface area (Å²) in [4.78, 5) is 4.48. The van der Waals surface area contributed by atoms with E-state index in [-0.39, 0.29) is 0 Å². The standard InChI is InChI=1S/C15H12BrClN2/c16-12-6-7-13-9-18-15(19(13)10-12)8-5-11-3-1-2-4-14(11)17/h1-4,6-7,9-10H,5,8H2. The Morgan fingerprint density at radius 1 is 1.11 bits per heavy atom. The topological polar surface area (TPSA) is 17.3 Å². The summed E-state index contributed by atoms with van der Waals surface area (Å²) in [6.45, 7) is 0. The number of aryl methyl sites for hydroxylation is 2. The maximum absolute atomic E-state index is 6.17. The smallest absolute Gasteiger partial charge is 0.113 e. The fraction of sp³-hybridized carbons (Fsp3) is 0.133. The summed E-state index contributed by atoms with van der Waals surface area (Å²) in [5.74, 6) is 1.05. The van der Waals surface area contributed by atoms with Crippen molar-refractivity contribution in [3.8, 4) is 0 Å². The lowest BCUT2D eigenvalue weighted by atomic mass is 10.1. The molecule has 0 bridgehead atoms. The number of benzene rings is 1. The first kappa shape index (κ1) is 12.7. The molecule has 0 N–H and O–H groups in total. The van der Waals surface area contributed by atoms with Gasteiger partial charge in [0.1, 0.15) is 5.82 Å². The largest absolute Gasteiger partial charge is 0.303 e. The average Bonchev–Trinajstić information content (AvgIpc) is 2.80. The number of hydrogen-bond donors (Lipinski definition) is 0. The highest BCUT2D eigenvalue weighted by Crippen LogP contribution is 2.18. The molecule has 0 radical (unpaired) electrons. The highest BCUT2D eigenvalue weighted by molar-refractivity contribution is 9.10. The number of pyridine rings is 1. The van der Waals surface area contributed by atoms with Gasteiger partial charge in [0.15, 0.2) is 0 Å². The number of fused-ring (bicyclic) bond motifs is 1. The van der Waals surface area contributed by atoms with Crippen LogP contribution < -0.4 is 0 Å². The van der Waals surface area contributed by atoms with Gasteiger partial charge in [-0.05, 0) is 46.1 Å². The second-order valence-electron chi connectivity index (χ2n) is 4.41. The zero-order chi connectivity index (χ0) is 13.2. The summed E-state index contributed by atoms with van der Waals surface area (Å²) in [6.07, 6.45) is 5.71. The molecule has 0 fully saturated rings. The van der Waals surface area contributed by atoms with E-state index in [9.17, 15) is 0 Å². The first-order chi connectivity index (χ1) is 9.24. The summed E-state index contributed by atoms with van der Waals surface area (Å²) < 4.78 is 3.16. The maximum Gasteiger partial charge on any atom is 0.113 e. The minimum Gasteiger partial charge on any atom is -0.303 e. The molecule has 0 aliphatic carbocycles. The van der Waals surface area contributed by atoms with Crippen molar-refractivity contribution in [1.82, 2.24) is 9.38 Å². The van der Waals surface area contributed by atoms with Gasteiger partial charge in [-0.3, -0.25) is 0 Å². The molecule has 3 rings (SSSR count). The number of imidazole rings is 1. The van der Waals surface area contributed by atoms with Crippen molar-refractivity contribution < 1.29 is 0 Å². The summed E-state index contributed by atoms with van der Waals surface area (Å²) in [5.41, 5.74) is 2.27. The number of hydrogen-bond acceptors (Lipinski definition) is 1. The van der Waals surface area contributed by atoms with E-state index in [1.807, 2.05) is 36.7 Å². The first-order valence-electron chi connectivity index (χ1n) is 6.09.